The van der Waals surface area contributed by atoms with Crippen LogP contribution in [0.25, 0.3) is 11.4 Å². The van der Waals surface area contributed by atoms with Gasteiger partial charge in [0.25, 0.3) is 0 Å². The molecule has 1 saturated heterocycles. The number of amides is 2. The van der Waals surface area contributed by atoms with Crippen molar-refractivity contribution in [1.82, 2.24) is 20.2 Å². The molecule has 3 aromatic rings. The zero-order chi connectivity index (χ0) is 24.1. The molecule has 6 nitrogen and oxygen atoms in total. The van der Waals surface area contributed by atoms with Gasteiger partial charge in [0.15, 0.2) is 5.82 Å². The first-order valence-corrected chi connectivity index (χ1v) is 12.3. The number of aryl methyl sites for hydroxylation is 2. The molecule has 178 valence electrons. The average Bonchev–Trinajstić information content (AvgIpc) is 2.84. The molecule has 2 heterocycles. The number of carbonyl (C=O) groups excluding carboxylic acids is 1. The summed E-state index contributed by atoms with van der Waals surface area (Å²) in [7, 11) is 0. The van der Waals surface area contributed by atoms with Crippen molar-refractivity contribution in [3.8, 4) is 11.4 Å². The number of nitrogens with one attached hydrogen (secondary N) is 1. The highest BCUT2D eigenvalue weighted by Gasteiger charge is 2.26. The van der Waals surface area contributed by atoms with E-state index in [9.17, 15) is 4.79 Å². The smallest absolute Gasteiger partial charge is 0.317 e. The Hall–Kier alpha value is -3.41. The van der Waals surface area contributed by atoms with Crippen LogP contribution in [0, 0.1) is 6.92 Å². The van der Waals surface area contributed by atoms with Crippen LogP contribution in [0.2, 0.25) is 0 Å². The summed E-state index contributed by atoms with van der Waals surface area (Å²) in [4.78, 5) is 26.8. The summed E-state index contributed by atoms with van der Waals surface area (Å²) >= 11 is 0. The van der Waals surface area contributed by atoms with Crippen molar-refractivity contribution >= 4 is 11.8 Å². The van der Waals surface area contributed by atoms with Crippen molar-refractivity contribution in [1.29, 1.82) is 0 Å². The molecule has 0 radical (unpaired) electrons. The molecular formula is C28H35N5O. The number of aromatic nitrogens is 2. The third kappa shape index (κ3) is 5.56. The normalized spacial score (nSPS) is 13.9. The van der Waals surface area contributed by atoms with Crippen LogP contribution in [0.5, 0.6) is 0 Å². The summed E-state index contributed by atoms with van der Waals surface area (Å²) in [5.41, 5.74) is 5.82. The standard InChI is InChI=1S/C28H35N5O/c1-5-25-24(19-22-11-9-10-21(4)18-22)27(31-26(30-25)23-12-7-6-8-13-23)32-14-16-33(17-15-32)28(34)29-20(2)3/h6-13,18,20H,5,14-17,19H2,1-4H3,(H,29,34). The first kappa shape index (κ1) is 23.7. The summed E-state index contributed by atoms with van der Waals surface area (Å²) in [5, 5.41) is 3.01. The molecule has 0 saturated carbocycles. The topological polar surface area (TPSA) is 61.4 Å². The molecule has 4 rings (SSSR count). The van der Waals surface area contributed by atoms with Gasteiger partial charge in [-0.2, -0.15) is 0 Å². The van der Waals surface area contributed by atoms with Gasteiger partial charge >= 0.3 is 6.03 Å². The minimum atomic E-state index is 0.0107. The van der Waals surface area contributed by atoms with E-state index in [0.717, 1.165) is 48.8 Å². The third-order valence-electron chi connectivity index (χ3n) is 6.18. The van der Waals surface area contributed by atoms with Gasteiger partial charge in [0.2, 0.25) is 0 Å². The highest BCUT2D eigenvalue weighted by molar-refractivity contribution is 5.75. The highest BCUT2D eigenvalue weighted by atomic mass is 16.2. The van der Waals surface area contributed by atoms with Crippen LogP contribution in [0.4, 0.5) is 10.6 Å². The Morgan fingerprint density at radius 3 is 2.38 bits per heavy atom. The van der Waals surface area contributed by atoms with Gasteiger partial charge in [0.05, 0.1) is 0 Å². The number of carbonyl (C=O) groups is 1. The van der Waals surface area contributed by atoms with E-state index in [1.165, 1.54) is 16.7 Å². The van der Waals surface area contributed by atoms with E-state index in [0.29, 0.717) is 13.1 Å². The molecule has 2 aromatic carbocycles. The first-order valence-electron chi connectivity index (χ1n) is 12.3. The summed E-state index contributed by atoms with van der Waals surface area (Å²) in [6.45, 7) is 11.1. The van der Waals surface area contributed by atoms with Gasteiger partial charge in [0.1, 0.15) is 5.82 Å². The van der Waals surface area contributed by atoms with Crippen LogP contribution in [-0.2, 0) is 12.8 Å². The Balaban J connectivity index is 1.69. The van der Waals surface area contributed by atoms with E-state index in [1.807, 2.05) is 36.9 Å². The van der Waals surface area contributed by atoms with E-state index in [1.54, 1.807) is 0 Å². The number of anilines is 1. The summed E-state index contributed by atoms with van der Waals surface area (Å²) in [6, 6.07) is 19.0. The number of benzene rings is 2. The molecule has 1 aliphatic rings. The van der Waals surface area contributed by atoms with Crippen LogP contribution in [0.3, 0.4) is 0 Å². The molecule has 2 amide bonds. The lowest BCUT2D eigenvalue weighted by molar-refractivity contribution is 0.191. The van der Waals surface area contributed by atoms with Crippen LogP contribution in [0.15, 0.2) is 54.6 Å². The Morgan fingerprint density at radius 1 is 1.00 bits per heavy atom. The minimum absolute atomic E-state index is 0.0107. The van der Waals surface area contributed by atoms with E-state index in [-0.39, 0.29) is 12.1 Å². The number of piperazine rings is 1. The van der Waals surface area contributed by atoms with Crippen LogP contribution in [0.1, 0.15) is 43.2 Å². The molecule has 1 aromatic heterocycles. The lowest BCUT2D eigenvalue weighted by Crippen LogP contribution is -2.53. The zero-order valence-electron chi connectivity index (χ0n) is 20.7. The fraction of sp³-hybridized carbons (Fsp3) is 0.393. The van der Waals surface area contributed by atoms with Crippen LogP contribution < -0.4 is 10.2 Å². The Morgan fingerprint density at radius 2 is 1.74 bits per heavy atom. The number of hydrogen-bond donors (Lipinski definition) is 1. The highest BCUT2D eigenvalue weighted by Crippen LogP contribution is 2.29. The second kappa shape index (κ2) is 10.7. The maximum absolute atomic E-state index is 12.5. The van der Waals surface area contributed by atoms with Crippen molar-refractivity contribution < 1.29 is 4.79 Å². The maximum atomic E-state index is 12.5. The van der Waals surface area contributed by atoms with Gasteiger partial charge in [-0.1, -0.05) is 67.1 Å². The largest absolute Gasteiger partial charge is 0.353 e. The van der Waals surface area contributed by atoms with Gasteiger partial charge in [-0.05, 0) is 32.8 Å². The zero-order valence-corrected chi connectivity index (χ0v) is 20.7. The second-order valence-electron chi connectivity index (χ2n) is 9.26. The molecule has 0 bridgehead atoms. The Kier molecular flexibility index (Phi) is 7.46. The van der Waals surface area contributed by atoms with E-state index in [4.69, 9.17) is 9.97 Å². The quantitative estimate of drug-likeness (QED) is 0.575. The van der Waals surface area contributed by atoms with Crippen molar-refractivity contribution in [3.63, 3.8) is 0 Å². The minimum Gasteiger partial charge on any atom is -0.353 e. The molecule has 34 heavy (non-hydrogen) atoms. The number of rotatable bonds is 6. The predicted molar refractivity (Wildman–Crippen MR) is 138 cm³/mol. The van der Waals surface area contributed by atoms with Crippen molar-refractivity contribution in [2.24, 2.45) is 0 Å². The van der Waals surface area contributed by atoms with Crippen molar-refractivity contribution in [2.75, 3.05) is 31.1 Å². The molecule has 1 aliphatic heterocycles. The molecule has 0 spiro atoms. The SMILES string of the molecule is CCc1nc(-c2ccccc2)nc(N2CCN(C(=O)NC(C)C)CC2)c1Cc1cccc(C)c1. The fourth-order valence-corrected chi connectivity index (χ4v) is 4.45. The Bertz CT molecular complexity index is 1120. The monoisotopic (exact) mass is 457 g/mol. The fourth-order valence-electron chi connectivity index (χ4n) is 4.45. The van der Waals surface area contributed by atoms with Crippen LogP contribution in [-0.4, -0.2) is 53.1 Å². The number of hydrogen-bond acceptors (Lipinski definition) is 4. The molecular weight excluding hydrogens is 422 g/mol. The molecule has 0 unspecified atom stereocenters. The first-order chi connectivity index (χ1) is 16.4. The van der Waals surface area contributed by atoms with Crippen LogP contribution >= 0.6 is 0 Å². The Labute approximate surface area is 203 Å². The van der Waals surface area contributed by atoms with Crippen molar-refractivity contribution in [3.05, 3.63) is 77.0 Å². The maximum Gasteiger partial charge on any atom is 0.317 e. The summed E-state index contributed by atoms with van der Waals surface area (Å²) in [5.74, 6) is 1.76. The summed E-state index contributed by atoms with van der Waals surface area (Å²) in [6.07, 6.45) is 1.64. The molecule has 6 heteroatoms. The number of urea groups is 1. The lowest BCUT2D eigenvalue weighted by Gasteiger charge is -2.37. The van der Waals surface area contributed by atoms with Gasteiger partial charge in [-0.3, -0.25) is 0 Å². The lowest BCUT2D eigenvalue weighted by atomic mass is 10.00. The third-order valence-corrected chi connectivity index (χ3v) is 6.18. The van der Waals surface area contributed by atoms with Crippen molar-refractivity contribution in [2.45, 2.75) is 46.6 Å². The molecule has 1 N–H and O–H groups in total. The van der Waals surface area contributed by atoms with E-state index < -0.39 is 0 Å². The van der Waals surface area contributed by atoms with Gasteiger partial charge in [-0.25, -0.2) is 14.8 Å². The van der Waals surface area contributed by atoms with E-state index >= 15 is 0 Å². The van der Waals surface area contributed by atoms with E-state index in [2.05, 4.69) is 60.5 Å². The average molecular weight is 458 g/mol. The number of nitrogens with zero attached hydrogens (tertiary/aromatic N) is 4. The van der Waals surface area contributed by atoms with Gasteiger partial charge in [-0.15, -0.1) is 0 Å². The molecule has 0 aliphatic carbocycles. The molecule has 1 fully saturated rings. The van der Waals surface area contributed by atoms with Gasteiger partial charge < -0.3 is 15.1 Å². The van der Waals surface area contributed by atoms with Gasteiger partial charge in [0, 0.05) is 55.5 Å². The summed E-state index contributed by atoms with van der Waals surface area (Å²) < 4.78 is 0. The molecule has 0 atom stereocenters. The predicted octanol–water partition coefficient (Wildman–Crippen LogP) is 4.85. The second-order valence-corrected chi connectivity index (χ2v) is 9.26.